The summed E-state index contributed by atoms with van der Waals surface area (Å²) in [5.74, 6) is -0.234. The second-order valence-electron chi connectivity index (χ2n) is 4.54. The van der Waals surface area contributed by atoms with E-state index < -0.39 is 10.8 Å². The number of thiocarbonyl (C=S) groups is 1. The molecule has 1 amide bonds. The number of nitrogens with zero attached hydrogens (tertiary/aromatic N) is 1. The van der Waals surface area contributed by atoms with E-state index in [4.69, 9.17) is 28.6 Å². The number of anilines is 1. The summed E-state index contributed by atoms with van der Waals surface area (Å²) in [5, 5.41) is 16.1. The van der Waals surface area contributed by atoms with Crippen molar-refractivity contribution in [2.45, 2.75) is 0 Å². The average molecular weight is 366 g/mol. The van der Waals surface area contributed by atoms with Crippen molar-refractivity contribution in [1.29, 1.82) is 0 Å². The molecule has 7 nitrogen and oxygen atoms in total. The molecule has 2 rings (SSSR count). The van der Waals surface area contributed by atoms with Crippen LogP contribution in [0.2, 0.25) is 5.02 Å². The van der Waals surface area contributed by atoms with E-state index in [9.17, 15) is 14.9 Å². The molecule has 0 saturated carbocycles. The van der Waals surface area contributed by atoms with Gasteiger partial charge in [0, 0.05) is 17.7 Å². The Morgan fingerprint density at radius 2 is 1.96 bits per heavy atom. The molecule has 0 aliphatic carbocycles. The third-order valence-electron chi connectivity index (χ3n) is 2.95. The maximum absolute atomic E-state index is 12.0. The number of methoxy groups -OCH3 is 1. The van der Waals surface area contributed by atoms with E-state index in [1.807, 2.05) is 0 Å². The van der Waals surface area contributed by atoms with Gasteiger partial charge < -0.3 is 10.1 Å². The lowest BCUT2D eigenvalue weighted by Crippen LogP contribution is -2.34. The third-order valence-corrected chi connectivity index (χ3v) is 3.44. The van der Waals surface area contributed by atoms with Crippen LogP contribution in [0.3, 0.4) is 0 Å². The second kappa shape index (κ2) is 7.71. The Kier molecular flexibility index (Phi) is 5.67. The lowest BCUT2D eigenvalue weighted by Gasteiger charge is -2.13. The molecule has 9 heteroatoms. The molecule has 0 radical (unpaired) electrons. The molecular weight excluding hydrogens is 354 g/mol. The first-order valence-corrected chi connectivity index (χ1v) is 7.40. The quantitative estimate of drug-likeness (QED) is 0.490. The van der Waals surface area contributed by atoms with E-state index in [0.29, 0.717) is 5.56 Å². The van der Waals surface area contributed by atoms with Crippen LogP contribution < -0.4 is 15.4 Å². The smallest absolute Gasteiger partial charge is 0.273 e. The zero-order chi connectivity index (χ0) is 17.7. The summed E-state index contributed by atoms with van der Waals surface area (Å²) in [4.78, 5) is 22.4. The number of nitrogens with one attached hydrogen (secondary N) is 2. The molecule has 2 N–H and O–H groups in total. The van der Waals surface area contributed by atoms with Crippen LogP contribution in [0.15, 0.2) is 42.5 Å². The molecule has 0 atom stereocenters. The number of amides is 1. The van der Waals surface area contributed by atoms with Gasteiger partial charge in [-0.15, -0.1) is 0 Å². The summed E-state index contributed by atoms with van der Waals surface area (Å²) >= 11 is 11.0. The topological polar surface area (TPSA) is 93.5 Å². The second-order valence-corrected chi connectivity index (χ2v) is 5.36. The molecular formula is C15H12ClN3O4S. The van der Waals surface area contributed by atoms with Crippen molar-refractivity contribution in [3.05, 3.63) is 63.2 Å². The fourth-order valence-electron chi connectivity index (χ4n) is 1.90. The number of hydrogen-bond acceptors (Lipinski definition) is 5. The Hall–Kier alpha value is -2.71. The highest BCUT2D eigenvalue weighted by atomic mass is 35.5. The maximum atomic E-state index is 12.0. The molecule has 2 aromatic rings. The Morgan fingerprint density at radius 1 is 1.29 bits per heavy atom. The Bertz CT molecular complexity index is 799. The molecule has 0 fully saturated rings. The summed E-state index contributed by atoms with van der Waals surface area (Å²) in [5.41, 5.74) is 0.362. The van der Waals surface area contributed by atoms with Gasteiger partial charge in [0.05, 0.1) is 22.7 Å². The van der Waals surface area contributed by atoms with Crippen molar-refractivity contribution in [2.24, 2.45) is 0 Å². The Morgan fingerprint density at radius 3 is 2.54 bits per heavy atom. The fourth-order valence-corrected chi connectivity index (χ4v) is 2.40. The summed E-state index contributed by atoms with van der Waals surface area (Å²) in [6.45, 7) is 0. The van der Waals surface area contributed by atoms with E-state index in [1.54, 1.807) is 30.3 Å². The molecule has 0 aliphatic heterocycles. The lowest BCUT2D eigenvalue weighted by molar-refractivity contribution is -0.384. The van der Waals surface area contributed by atoms with Gasteiger partial charge in [-0.3, -0.25) is 20.2 Å². The van der Waals surface area contributed by atoms with Crippen LogP contribution >= 0.6 is 23.8 Å². The Labute approximate surface area is 147 Å². The van der Waals surface area contributed by atoms with Gasteiger partial charge in [-0.1, -0.05) is 29.8 Å². The monoisotopic (exact) mass is 365 g/mol. The summed E-state index contributed by atoms with van der Waals surface area (Å²) in [7, 11) is 1.36. The molecule has 0 saturated heterocycles. The number of rotatable bonds is 4. The molecule has 0 aliphatic rings. The zero-order valence-corrected chi connectivity index (χ0v) is 14.0. The first-order chi connectivity index (χ1) is 11.4. The van der Waals surface area contributed by atoms with Crippen LogP contribution in [0.25, 0.3) is 0 Å². The minimum absolute atomic E-state index is 0.0429. The van der Waals surface area contributed by atoms with Gasteiger partial charge in [-0.2, -0.15) is 0 Å². The van der Waals surface area contributed by atoms with Crippen molar-refractivity contribution in [2.75, 3.05) is 12.4 Å². The van der Waals surface area contributed by atoms with Crippen molar-refractivity contribution >= 4 is 46.2 Å². The van der Waals surface area contributed by atoms with Crippen LogP contribution in [0.4, 0.5) is 11.4 Å². The molecule has 0 aromatic heterocycles. The fraction of sp³-hybridized carbons (Fsp3) is 0.0667. The molecule has 0 unspecified atom stereocenters. The van der Waals surface area contributed by atoms with Crippen LogP contribution in [0.1, 0.15) is 10.4 Å². The van der Waals surface area contributed by atoms with Gasteiger partial charge in [-0.05, 0) is 24.4 Å². The van der Waals surface area contributed by atoms with Gasteiger partial charge in [0.1, 0.15) is 0 Å². The highest BCUT2D eigenvalue weighted by molar-refractivity contribution is 7.80. The number of carbonyl (C=O) groups is 1. The summed E-state index contributed by atoms with van der Waals surface area (Å²) < 4.78 is 5.11. The number of ether oxygens (including phenoxy) is 1. The molecule has 0 bridgehead atoms. The lowest BCUT2D eigenvalue weighted by atomic mass is 10.2. The summed E-state index contributed by atoms with van der Waals surface area (Å²) in [6, 6.07) is 10.8. The third kappa shape index (κ3) is 4.18. The minimum atomic E-state index is -0.595. The molecule has 124 valence electrons. The predicted molar refractivity (Wildman–Crippen MR) is 94.8 cm³/mol. The van der Waals surface area contributed by atoms with E-state index in [0.717, 1.165) is 6.07 Å². The van der Waals surface area contributed by atoms with Crippen molar-refractivity contribution in [1.82, 2.24) is 5.32 Å². The standard InChI is InChI=1S/C15H12ClN3O4S/c1-23-13-11(16)7-10(19(21)22)8-12(13)17-15(24)18-14(20)9-5-3-2-4-6-9/h2-8H,1H3,(H2,17,18,20,24). The van der Waals surface area contributed by atoms with Crippen LogP contribution in [-0.2, 0) is 0 Å². The van der Waals surface area contributed by atoms with Crippen molar-refractivity contribution < 1.29 is 14.5 Å². The van der Waals surface area contributed by atoms with Crippen molar-refractivity contribution in [3.63, 3.8) is 0 Å². The number of non-ortho nitro benzene ring substituents is 1. The van der Waals surface area contributed by atoms with Gasteiger partial charge in [-0.25, -0.2) is 0 Å². The van der Waals surface area contributed by atoms with Gasteiger partial charge in [0.15, 0.2) is 10.9 Å². The first kappa shape index (κ1) is 17.6. The van der Waals surface area contributed by atoms with Crippen molar-refractivity contribution in [3.8, 4) is 5.75 Å². The van der Waals surface area contributed by atoms with Crippen LogP contribution in [0.5, 0.6) is 5.75 Å². The van der Waals surface area contributed by atoms with Gasteiger partial charge in [0.25, 0.3) is 11.6 Å². The first-order valence-electron chi connectivity index (χ1n) is 6.61. The molecule has 0 heterocycles. The zero-order valence-electron chi connectivity index (χ0n) is 12.4. The Balaban J connectivity index is 2.19. The summed E-state index contributed by atoms with van der Waals surface area (Å²) in [6.07, 6.45) is 0. The van der Waals surface area contributed by atoms with E-state index >= 15 is 0 Å². The molecule has 2 aromatic carbocycles. The van der Waals surface area contributed by atoms with E-state index in [2.05, 4.69) is 10.6 Å². The highest BCUT2D eigenvalue weighted by Crippen LogP contribution is 2.36. The normalized spacial score (nSPS) is 9.92. The number of halogens is 1. The highest BCUT2D eigenvalue weighted by Gasteiger charge is 2.18. The number of hydrogen-bond donors (Lipinski definition) is 2. The van der Waals surface area contributed by atoms with Gasteiger partial charge in [0.2, 0.25) is 0 Å². The number of nitro groups is 1. The predicted octanol–water partition coefficient (Wildman–Crippen LogP) is 3.38. The van der Waals surface area contributed by atoms with Crippen LogP contribution in [-0.4, -0.2) is 23.1 Å². The van der Waals surface area contributed by atoms with E-state index in [1.165, 1.54) is 13.2 Å². The largest absolute Gasteiger partial charge is 0.493 e. The number of benzene rings is 2. The number of nitro benzene ring substituents is 1. The van der Waals surface area contributed by atoms with Crippen LogP contribution in [0, 0.1) is 10.1 Å². The average Bonchev–Trinajstić information content (AvgIpc) is 2.55. The SMILES string of the molecule is COc1c(Cl)cc([N+](=O)[O-])cc1NC(=S)NC(=O)c1ccccc1. The maximum Gasteiger partial charge on any atom is 0.273 e. The van der Waals surface area contributed by atoms with Gasteiger partial charge >= 0.3 is 0 Å². The van der Waals surface area contributed by atoms with E-state index in [-0.39, 0.29) is 27.3 Å². The minimum Gasteiger partial charge on any atom is -0.493 e. The molecule has 0 spiro atoms. The number of carbonyl (C=O) groups excluding carboxylic acids is 1. The molecule has 24 heavy (non-hydrogen) atoms.